The van der Waals surface area contributed by atoms with E-state index in [-0.39, 0.29) is 0 Å². The van der Waals surface area contributed by atoms with Gasteiger partial charge >= 0.3 is 0 Å². The van der Waals surface area contributed by atoms with E-state index >= 15 is 0 Å². The summed E-state index contributed by atoms with van der Waals surface area (Å²) in [6.45, 7) is 3.47. The minimum Gasteiger partial charge on any atom is -0.476 e. The van der Waals surface area contributed by atoms with Crippen LogP contribution in [0.5, 0.6) is 5.88 Å². The molecule has 1 aliphatic carbocycles. The van der Waals surface area contributed by atoms with E-state index < -0.39 is 0 Å². The summed E-state index contributed by atoms with van der Waals surface area (Å²) in [6, 6.07) is 2.63. The standard InChI is InChI=1S/C13H19N3OS/c1-9-5-6-15-13(11(9)12(14)18)17-8-7-16(2)10-3-4-10/h5-6,10H,3-4,7-8H2,1-2H3,(H2,14,18). The van der Waals surface area contributed by atoms with Gasteiger partial charge < -0.3 is 15.4 Å². The maximum atomic E-state index is 5.71. The van der Waals surface area contributed by atoms with E-state index in [9.17, 15) is 0 Å². The molecule has 2 N–H and O–H groups in total. The number of thiocarbonyl (C=S) groups is 1. The summed E-state index contributed by atoms with van der Waals surface area (Å²) in [5, 5.41) is 0. The Morgan fingerprint density at radius 3 is 2.94 bits per heavy atom. The molecule has 1 heterocycles. The predicted octanol–water partition coefficient (Wildman–Crippen LogP) is 1.50. The van der Waals surface area contributed by atoms with Crippen LogP contribution in [0.2, 0.25) is 0 Å². The topological polar surface area (TPSA) is 51.4 Å². The van der Waals surface area contributed by atoms with Crippen molar-refractivity contribution in [3.8, 4) is 5.88 Å². The third kappa shape index (κ3) is 3.17. The first-order valence-electron chi connectivity index (χ1n) is 6.18. The minimum absolute atomic E-state index is 0.339. The number of nitrogens with two attached hydrogens (primary N) is 1. The van der Waals surface area contributed by atoms with Crippen molar-refractivity contribution in [2.45, 2.75) is 25.8 Å². The van der Waals surface area contributed by atoms with Gasteiger partial charge in [-0.15, -0.1) is 0 Å². The summed E-state index contributed by atoms with van der Waals surface area (Å²) in [7, 11) is 2.12. The first-order valence-corrected chi connectivity index (χ1v) is 6.59. The summed E-state index contributed by atoms with van der Waals surface area (Å²) >= 11 is 5.04. The third-order valence-corrected chi connectivity index (χ3v) is 3.43. The van der Waals surface area contributed by atoms with E-state index in [0.29, 0.717) is 17.5 Å². The van der Waals surface area contributed by atoms with Crippen molar-refractivity contribution in [3.05, 3.63) is 23.4 Å². The number of likely N-dealkylation sites (N-methyl/N-ethyl adjacent to an activating group) is 1. The van der Waals surface area contributed by atoms with Crippen LogP contribution in [-0.2, 0) is 0 Å². The molecule has 1 fully saturated rings. The Kier molecular flexibility index (Phi) is 4.14. The molecule has 0 unspecified atom stereocenters. The average Bonchev–Trinajstić information content (AvgIpc) is 3.12. The monoisotopic (exact) mass is 265 g/mol. The number of aryl methyl sites for hydroxylation is 1. The van der Waals surface area contributed by atoms with Crippen LogP contribution in [0.25, 0.3) is 0 Å². The van der Waals surface area contributed by atoms with Crippen molar-refractivity contribution >= 4 is 17.2 Å². The van der Waals surface area contributed by atoms with E-state index in [1.54, 1.807) is 6.20 Å². The molecule has 0 amide bonds. The largest absolute Gasteiger partial charge is 0.476 e. The Morgan fingerprint density at radius 1 is 1.61 bits per heavy atom. The SMILES string of the molecule is Cc1ccnc(OCCN(C)C2CC2)c1C(N)=S. The van der Waals surface area contributed by atoms with Gasteiger partial charge in [0.2, 0.25) is 5.88 Å². The van der Waals surface area contributed by atoms with E-state index in [4.69, 9.17) is 22.7 Å². The highest BCUT2D eigenvalue weighted by Gasteiger charge is 2.25. The normalized spacial score (nSPS) is 14.8. The van der Waals surface area contributed by atoms with Gasteiger partial charge in [-0.3, -0.25) is 0 Å². The van der Waals surface area contributed by atoms with Crippen LogP contribution >= 0.6 is 12.2 Å². The number of hydrogen-bond acceptors (Lipinski definition) is 4. The molecule has 18 heavy (non-hydrogen) atoms. The highest BCUT2D eigenvalue weighted by molar-refractivity contribution is 7.80. The Labute approximate surface area is 113 Å². The highest BCUT2D eigenvalue weighted by atomic mass is 32.1. The molecule has 2 rings (SSSR count). The zero-order valence-electron chi connectivity index (χ0n) is 10.8. The van der Waals surface area contributed by atoms with Gasteiger partial charge in [-0.05, 0) is 38.4 Å². The molecule has 0 bridgehead atoms. The molecule has 4 nitrogen and oxygen atoms in total. The second-order valence-corrected chi connectivity index (χ2v) is 5.17. The van der Waals surface area contributed by atoms with Crippen molar-refractivity contribution in [3.63, 3.8) is 0 Å². The first kappa shape index (κ1) is 13.2. The molecule has 0 radical (unpaired) electrons. The molecule has 0 atom stereocenters. The fourth-order valence-electron chi connectivity index (χ4n) is 1.93. The summed E-state index contributed by atoms with van der Waals surface area (Å²) in [4.78, 5) is 6.86. The lowest BCUT2D eigenvalue weighted by Crippen LogP contribution is -2.27. The second-order valence-electron chi connectivity index (χ2n) is 4.73. The Bertz CT molecular complexity index is 446. The molecule has 0 aliphatic heterocycles. The second kappa shape index (κ2) is 5.63. The van der Waals surface area contributed by atoms with Crippen LogP contribution in [0, 0.1) is 6.92 Å². The zero-order chi connectivity index (χ0) is 13.1. The molecule has 1 aliphatic rings. The smallest absolute Gasteiger partial charge is 0.224 e. The number of aromatic nitrogens is 1. The number of hydrogen-bond donors (Lipinski definition) is 1. The van der Waals surface area contributed by atoms with Crippen LogP contribution in [0.1, 0.15) is 24.0 Å². The third-order valence-electron chi connectivity index (χ3n) is 3.22. The van der Waals surface area contributed by atoms with Crippen LogP contribution in [0.15, 0.2) is 12.3 Å². The molecule has 0 saturated heterocycles. The molecular weight excluding hydrogens is 246 g/mol. The zero-order valence-corrected chi connectivity index (χ0v) is 11.7. The minimum atomic E-state index is 0.339. The van der Waals surface area contributed by atoms with Crippen molar-refractivity contribution in [2.24, 2.45) is 5.73 Å². The Hall–Kier alpha value is -1.20. The quantitative estimate of drug-likeness (QED) is 0.790. The first-order chi connectivity index (χ1) is 8.59. The summed E-state index contributed by atoms with van der Waals surface area (Å²) in [5.41, 5.74) is 7.46. The summed E-state index contributed by atoms with van der Waals surface area (Å²) in [5.74, 6) is 0.548. The van der Waals surface area contributed by atoms with Crippen molar-refractivity contribution in [2.75, 3.05) is 20.2 Å². The molecule has 0 spiro atoms. The van der Waals surface area contributed by atoms with Gasteiger partial charge in [-0.25, -0.2) is 4.98 Å². The molecular formula is C13H19N3OS. The van der Waals surface area contributed by atoms with Gasteiger partial charge in [0.1, 0.15) is 11.6 Å². The Balaban J connectivity index is 1.95. The van der Waals surface area contributed by atoms with E-state index in [2.05, 4.69) is 16.9 Å². The van der Waals surface area contributed by atoms with Crippen molar-refractivity contribution in [1.29, 1.82) is 0 Å². The molecule has 5 heteroatoms. The van der Waals surface area contributed by atoms with Gasteiger partial charge in [-0.1, -0.05) is 12.2 Å². The molecule has 1 aromatic rings. The molecule has 0 aromatic carbocycles. The van der Waals surface area contributed by atoms with E-state index in [1.165, 1.54) is 12.8 Å². The predicted molar refractivity (Wildman–Crippen MR) is 76.0 cm³/mol. The summed E-state index contributed by atoms with van der Waals surface area (Å²) < 4.78 is 5.71. The van der Waals surface area contributed by atoms with Gasteiger partial charge in [-0.2, -0.15) is 0 Å². The fraction of sp³-hybridized carbons (Fsp3) is 0.538. The van der Waals surface area contributed by atoms with Crippen molar-refractivity contribution in [1.82, 2.24) is 9.88 Å². The lowest BCUT2D eigenvalue weighted by atomic mass is 10.1. The lowest BCUT2D eigenvalue weighted by molar-refractivity contribution is 0.226. The maximum Gasteiger partial charge on any atom is 0.224 e. The van der Waals surface area contributed by atoms with Crippen LogP contribution in [0.3, 0.4) is 0 Å². The van der Waals surface area contributed by atoms with Crippen LogP contribution in [-0.4, -0.2) is 41.1 Å². The van der Waals surface area contributed by atoms with E-state index in [1.807, 2.05) is 13.0 Å². The number of pyridine rings is 1. The molecule has 98 valence electrons. The van der Waals surface area contributed by atoms with Gasteiger partial charge in [0.05, 0.1) is 5.56 Å². The maximum absolute atomic E-state index is 5.71. The van der Waals surface area contributed by atoms with Gasteiger partial charge in [0, 0.05) is 18.8 Å². The average molecular weight is 265 g/mol. The molecule has 1 saturated carbocycles. The van der Waals surface area contributed by atoms with Crippen LogP contribution < -0.4 is 10.5 Å². The summed E-state index contributed by atoms with van der Waals surface area (Å²) in [6.07, 6.45) is 4.33. The van der Waals surface area contributed by atoms with Crippen molar-refractivity contribution < 1.29 is 4.74 Å². The van der Waals surface area contributed by atoms with Crippen LogP contribution in [0.4, 0.5) is 0 Å². The van der Waals surface area contributed by atoms with Gasteiger partial charge in [0.15, 0.2) is 0 Å². The number of rotatable bonds is 6. The number of nitrogens with zero attached hydrogens (tertiary/aromatic N) is 2. The molecule has 1 aromatic heterocycles. The van der Waals surface area contributed by atoms with Gasteiger partial charge in [0.25, 0.3) is 0 Å². The lowest BCUT2D eigenvalue weighted by Gasteiger charge is -2.17. The van der Waals surface area contributed by atoms with E-state index in [0.717, 1.165) is 23.7 Å². The number of ether oxygens (including phenoxy) is 1. The fourth-order valence-corrected chi connectivity index (χ4v) is 2.17. The Morgan fingerprint density at radius 2 is 2.33 bits per heavy atom. The highest BCUT2D eigenvalue weighted by Crippen LogP contribution is 2.25.